The van der Waals surface area contributed by atoms with Gasteiger partial charge in [-0.05, 0) is 30.6 Å². The fourth-order valence-electron chi connectivity index (χ4n) is 2.76. The number of aliphatic hydroxyl groups excluding tert-OH is 1. The van der Waals surface area contributed by atoms with Crippen LogP contribution < -0.4 is 10.6 Å². The summed E-state index contributed by atoms with van der Waals surface area (Å²) in [6.45, 7) is 3.24. The smallest absolute Gasteiger partial charge is 0.166 e. The summed E-state index contributed by atoms with van der Waals surface area (Å²) in [5.74, 6) is 0. The van der Waals surface area contributed by atoms with Crippen molar-refractivity contribution in [1.82, 2.24) is 10.6 Å². The Bertz CT molecular complexity index is 425. The molecule has 0 aliphatic rings. The molecule has 0 amide bonds. The molecule has 0 saturated heterocycles. The zero-order valence-corrected chi connectivity index (χ0v) is 15.9. The van der Waals surface area contributed by atoms with Gasteiger partial charge in [0.1, 0.15) is 0 Å². The van der Waals surface area contributed by atoms with Crippen molar-refractivity contribution in [2.45, 2.75) is 70.8 Å². The maximum atomic E-state index is 9.52. The first kappa shape index (κ1) is 20.9. The van der Waals surface area contributed by atoms with Crippen LogP contribution in [0, 0.1) is 0 Å². The lowest BCUT2D eigenvalue weighted by atomic mass is 10.1. The van der Waals surface area contributed by atoms with E-state index in [4.69, 9.17) is 12.2 Å². The van der Waals surface area contributed by atoms with E-state index in [1.54, 1.807) is 0 Å². The molecule has 3 nitrogen and oxygen atoms in total. The summed E-state index contributed by atoms with van der Waals surface area (Å²) in [4.78, 5) is 0. The normalized spacial score (nSPS) is 11.9. The highest BCUT2D eigenvalue weighted by Crippen LogP contribution is 2.08. The molecule has 0 aliphatic heterocycles. The second kappa shape index (κ2) is 14.2. The average molecular weight is 351 g/mol. The summed E-state index contributed by atoms with van der Waals surface area (Å²) in [6, 6.07) is 10.1. The summed E-state index contributed by atoms with van der Waals surface area (Å²) in [5, 5.41) is 16.6. The zero-order valence-electron chi connectivity index (χ0n) is 15.1. The Balaban J connectivity index is 2.05. The second-order valence-electron chi connectivity index (χ2n) is 6.44. The van der Waals surface area contributed by atoms with Gasteiger partial charge >= 0.3 is 0 Å². The van der Waals surface area contributed by atoms with Crippen LogP contribution in [0.2, 0.25) is 0 Å². The monoisotopic (exact) mass is 350 g/mol. The van der Waals surface area contributed by atoms with Crippen molar-refractivity contribution in [2.24, 2.45) is 0 Å². The van der Waals surface area contributed by atoms with Crippen LogP contribution >= 0.6 is 12.2 Å². The standard InChI is InChI=1S/C20H34N2OS/c1-2-3-4-5-6-7-8-12-15-21-20(24)22-19(17-23)16-18-13-10-9-11-14-18/h9-11,13-14,19,23H,2-8,12,15-17H2,1H3,(H2,21,22,24)/t19-/m0/s1. The minimum Gasteiger partial charge on any atom is -0.394 e. The van der Waals surface area contributed by atoms with Gasteiger partial charge in [-0.1, -0.05) is 82.2 Å². The molecule has 1 aromatic carbocycles. The molecule has 0 aromatic heterocycles. The summed E-state index contributed by atoms with van der Waals surface area (Å²) in [5.41, 5.74) is 1.20. The number of rotatable bonds is 13. The van der Waals surface area contributed by atoms with Gasteiger partial charge in [0.05, 0.1) is 12.6 Å². The molecule has 24 heavy (non-hydrogen) atoms. The van der Waals surface area contributed by atoms with Crippen LogP contribution in [-0.2, 0) is 6.42 Å². The fourth-order valence-corrected chi connectivity index (χ4v) is 3.03. The second-order valence-corrected chi connectivity index (χ2v) is 6.85. The summed E-state index contributed by atoms with van der Waals surface area (Å²) in [7, 11) is 0. The minimum absolute atomic E-state index is 0.0361. The first-order valence-corrected chi connectivity index (χ1v) is 9.86. The largest absolute Gasteiger partial charge is 0.394 e. The molecule has 0 bridgehead atoms. The lowest BCUT2D eigenvalue weighted by Gasteiger charge is -2.19. The number of hydrogen-bond acceptors (Lipinski definition) is 2. The highest BCUT2D eigenvalue weighted by molar-refractivity contribution is 7.80. The van der Waals surface area contributed by atoms with Crippen LogP contribution in [-0.4, -0.2) is 29.4 Å². The molecule has 0 aliphatic carbocycles. The topological polar surface area (TPSA) is 44.3 Å². The number of hydrogen-bond donors (Lipinski definition) is 3. The molecule has 0 fully saturated rings. The minimum atomic E-state index is -0.0361. The SMILES string of the molecule is CCCCCCCCCCNC(=S)N[C@H](CO)Cc1ccccc1. The lowest BCUT2D eigenvalue weighted by molar-refractivity contribution is 0.254. The molecule has 136 valence electrons. The highest BCUT2D eigenvalue weighted by Gasteiger charge is 2.09. The maximum Gasteiger partial charge on any atom is 0.166 e. The molecule has 0 heterocycles. The number of benzene rings is 1. The van der Waals surface area contributed by atoms with Crippen molar-refractivity contribution in [3.63, 3.8) is 0 Å². The third kappa shape index (κ3) is 10.6. The Hall–Kier alpha value is -1.13. The summed E-state index contributed by atoms with van der Waals surface area (Å²) in [6.07, 6.45) is 11.3. The first-order chi connectivity index (χ1) is 11.8. The Kier molecular flexibility index (Phi) is 12.4. The molecule has 1 aromatic rings. The van der Waals surface area contributed by atoms with E-state index in [0.717, 1.165) is 19.4 Å². The van der Waals surface area contributed by atoms with Crippen LogP contribution in [0.5, 0.6) is 0 Å². The third-order valence-electron chi connectivity index (χ3n) is 4.20. The third-order valence-corrected chi connectivity index (χ3v) is 4.46. The number of nitrogens with one attached hydrogen (secondary N) is 2. The molecule has 3 N–H and O–H groups in total. The Morgan fingerprint density at radius 3 is 2.25 bits per heavy atom. The van der Waals surface area contributed by atoms with Gasteiger partial charge in [0, 0.05) is 6.54 Å². The van der Waals surface area contributed by atoms with Crippen LogP contribution in [0.3, 0.4) is 0 Å². The van der Waals surface area contributed by atoms with Crippen molar-refractivity contribution in [1.29, 1.82) is 0 Å². The van der Waals surface area contributed by atoms with E-state index in [9.17, 15) is 5.11 Å². The van der Waals surface area contributed by atoms with Gasteiger partial charge in [0.15, 0.2) is 5.11 Å². The number of unbranched alkanes of at least 4 members (excludes halogenated alkanes) is 7. The van der Waals surface area contributed by atoms with E-state index in [-0.39, 0.29) is 12.6 Å². The van der Waals surface area contributed by atoms with Gasteiger partial charge in [0.25, 0.3) is 0 Å². The molecule has 1 atom stereocenters. The lowest BCUT2D eigenvalue weighted by Crippen LogP contribution is -2.44. The quantitative estimate of drug-likeness (QED) is 0.369. The van der Waals surface area contributed by atoms with Crippen molar-refractivity contribution >= 4 is 17.3 Å². The highest BCUT2D eigenvalue weighted by atomic mass is 32.1. The van der Waals surface area contributed by atoms with Crippen LogP contribution in [0.1, 0.15) is 63.9 Å². The molecule has 0 saturated carbocycles. The van der Waals surface area contributed by atoms with Crippen molar-refractivity contribution in [3.8, 4) is 0 Å². The first-order valence-electron chi connectivity index (χ1n) is 9.45. The predicted molar refractivity (Wildman–Crippen MR) is 107 cm³/mol. The maximum absolute atomic E-state index is 9.52. The van der Waals surface area contributed by atoms with Gasteiger partial charge in [0.2, 0.25) is 0 Å². The van der Waals surface area contributed by atoms with Gasteiger partial charge in [-0.2, -0.15) is 0 Å². The van der Waals surface area contributed by atoms with Gasteiger partial charge < -0.3 is 15.7 Å². The van der Waals surface area contributed by atoms with E-state index < -0.39 is 0 Å². The number of thiocarbonyl (C=S) groups is 1. The molecular weight excluding hydrogens is 316 g/mol. The van der Waals surface area contributed by atoms with E-state index in [1.807, 2.05) is 18.2 Å². The summed E-state index contributed by atoms with van der Waals surface area (Å²) < 4.78 is 0. The van der Waals surface area contributed by atoms with E-state index in [0.29, 0.717) is 5.11 Å². The molecule has 0 radical (unpaired) electrons. The molecule has 4 heteroatoms. The van der Waals surface area contributed by atoms with E-state index in [2.05, 4.69) is 29.7 Å². The molecule has 1 rings (SSSR count). The molecule has 0 spiro atoms. The Labute approximate surface area is 153 Å². The summed E-state index contributed by atoms with van der Waals surface area (Å²) >= 11 is 5.33. The Morgan fingerprint density at radius 2 is 1.62 bits per heavy atom. The van der Waals surface area contributed by atoms with Gasteiger partial charge in [-0.25, -0.2) is 0 Å². The Morgan fingerprint density at radius 1 is 1.00 bits per heavy atom. The average Bonchev–Trinajstić information content (AvgIpc) is 2.60. The van der Waals surface area contributed by atoms with E-state index in [1.165, 1.54) is 50.5 Å². The fraction of sp³-hybridized carbons (Fsp3) is 0.650. The molecular formula is C20H34N2OS. The van der Waals surface area contributed by atoms with Crippen LogP contribution in [0.25, 0.3) is 0 Å². The predicted octanol–water partition coefficient (Wildman–Crippen LogP) is 4.19. The number of aliphatic hydroxyl groups is 1. The van der Waals surface area contributed by atoms with Crippen molar-refractivity contribution in [2.75, 3.05) is 13.2 Å². The van der Waals surface area contributed by atoms with Gasteiger partial charge in [-0.15, -0.1) is 0 Å². The van der Waals surface area contributed by atoms with E-state index >= 15 is 0 Å². The zero-order chi connectivity index (χ0) is 17.5. The van der Waals surface area contributed by atoms with Crippen LogP contribution in [0.4, 0.5) is 0 Å². The van der Waals surface area contributed by atoms with Crippen molar-refractivity contribution in [3.05, 3.63) is 35.9 Å². The molecule has 0 unspecified atom stereocenters. The van der Waals surface area contributed by atoms with Gasteiger partial charge in [-0.3, -0.25) is 0 Å². The van der Waals surface area contributed by atoms with Crippen molar-refractivity contribution < 1.29 is 5.11 Å². The van der Waals surface area contributed by atoms with Crippen LogP contribution in [0.15, 0.2) is 30.3 Å².